The van der Waals surface area contributed by atoms with E-state index in [2.05, 4.69) is 47.5 Å². The number of aromatic nitrogens is 3. The van der Waals surface area contributed by atoms with E-state index in [4.69, 9.17) is 5.11 Å². The highest BCUT2D eigenvalue weighted by atomic mass is 79.9. The highest BCUT2D eigenvalue weighted by molar-refractivity contribution is 9.11. The molecule has 1 aromatic carbocycles. The Kier molecular flexibility index (Phi) is 4.73. The summed E-state index contributed by atoms with van der Waals surface area (Å²) in [5.74, 6) is 0. The Labute approximate surface area is 121 Å². The van der Waals surface area contributed by atoms with Crippen molar-refractivity contribution in [2.24, 2.45) is 0 Å². The van der Waals surface area contributed by atoms with Gasteiger partial charge in [0.2, 0.25) is 0 Å². The van der Waals surface area contributed by atoms with Crippen molar-refractivity contribution in [2.75, 3.05) is 11.9 Å². The monoisotopic (exact) mass is 374 g/mol. The number of aliphatic hydroxyl groups excluding tert-OH is 1. The number of hydrogen-bond donors (Lipinski definition) is 2. The van der Waals surface area contributed by atoms with Crippen molar-refractivity contribution in [3.8, 4) is 0 Å². The second kappa shape index (κ2) is 6.31. The fourth-order valence-electron chi connectivity index (χ4n) is 1.45. The van der Waals surface area contributed by atoms with Crippen LogP contribution in [0.15, 0.2) is 33.3 Å². The van der Waals surface area contributed by atoms with Crippen LogP contribution in [0.3, 0.4) is 0 Å². The summed E-state index contributed by atoms with van der Waals surface area (Å²) >= 11 is 6.89. The molecular weight excluding hydrogens is 364 g/mol. The Morgan fingerprint density at radius 2 is 2.17 bits per heavy atom. The van der Waals surface area contributed by atoms with E-state index in [1.54, 1.807) is 4.68 Å². The fraction of sp³-hybridized carbons (Fsp3) is 0.273. The van der Waals surface area contributed by atoms with E-state index in [-0.39, 0.29) is 6.61 Å². The Bertz CT molecular complexity index is 530. The number of halogens is 2. The first-order valence-electron chi connectivity index (χ1n) is 5.38. The van der Waals surface area contributed by atoms with E-state index >= 15 is 0 Å². The standard InChI is InChI=1S/C11H12Br2N4O/c12-8-1-2-11(10(13)5-8)14-6-9-7-17(3-4-18)16-15-9/h1-2,5,7,14,18H,3-4,6H2. The first kappa shape index (κ1) is 13.5. The van der Waals surface area contributed by atoms with E-state index in [9.17, 15) is 0 Å². The van der Waals surface area contributed by atoms with Gasteiger partial charge in [-0.2, -0.15) is 0 Å². The zero-order valence-electron chi connectivity index (χ0n) is 9.48. The lowest BCUT2D eigenvalue weighted by atomic mass is 10.3. The zero-order valence-corrected chi connectivity index (χ0v) is 12.6. The van der Waals surface area contributed by atoms with Gasteiger partial charge in [0.1, 0.15) is 5.69 Å². The second-order valence-electron chi connectivity index (χ2n) is 3.67. The van der Waals surface area contributed by atoms with Crippen molar-refractivity contribution in [1.82, 2.24) is 15.0 Å². The molecule has 96 valence electrons. The Balaban J connectivity index is 1.97. The van der Waals surface area contributed by atoms with Crippen molar-refractivity contribution in [2.45, 2.75) is 13.1 Å². The largest absolute Gasteiger partial charge is 0.394 e. The molecule has 0 spiro atoms. The number of nitrogens with one attached hydrogen (secondary N) is 1. The summed E-state index contributed by atoms with van der Waals surface area (Å²) in [7, 11) is 0. The SMILES string of the molecule is OCCn1cc(CNc2ccc(Br)cc2Br)nn1. The van der Waals surface area contributed by atoms with Crippen LogP contribution in [0.5, 0.6) is 0 Å². The average Bonchev–Trinajstić information content (AvgIpc) is 2.76. The molecule has 0 saturated carbocycles. The molecule has 18 heavy (non-hydrogen) atoms. The van der Waals surface area contributed by atoms with Gasteiger partial charge >= 0.3 is 0 Å². The molecule has 0 aliphatic rings. The summed E-state index contributed by atoms with van der Waals surface area (Å²) in [5.41, 5.74) is 1.83. The van der Waals surface area contributed by atoms with E-state index in [0.717, 1.165) is 20.3 Å². The molecule has 2 rings (SSSR count). The molecule has 0 fully saturated rings. The second-order valence-corrected chi connectivity index (χ2v) is 5.44. The van der Waals surface area contributed by atoms with Gasteiger partial charge in [-0.05, 0) is 34.1 Å². The van der Waals surface area contributed by atoms with Gasteiger partial charge < -0.3 is 10.4 Å². The number of hydrogen-bond acceptors (Lipinski definition) is 4. The van der Waals surface area contributed by atoms with Crippen LogP contribution in [-0.4, -0.2) is 26.7 Å². The van der Waals surface area contributed by atoms with E-state index in [0.29, 0.717) is 13.1 Å². The van der Waals surface area contributed by atoms with Gasteiger partial charge in [-0.15, -0.1) is 5.10 Å². The van der Waals surface area contributed by atoms with Gasteiger partial charge in [-0.25, -0.2) is 4.68 Å². The van der Waals surface area contributed by atoms with Crippen LogP contribution in [0.2, 0.25) is 0 Å². The van der Waals surface area contributed by atoms with E-state index in [1.807, 2.05) is 24.4 Å². The molecule has 2 aromatic rings. The van der Waals surface area contributed by atoms with Gasteiger partial charge in [0.15, 0.2) is 0 Å². The Morgan fingerprint density at radius 3 is 2.89 bits per heavy atom. The average molecular weight is 376 g/mol. The highest BCUT2D eigenvalue weighted by Crippen LogP contribution is 2.26. The molecule has 0 radical (unpaired) electrons. The smallest absolute Gasteiger partial charge is 0.102 e. The van der Waals surface area contributed by atoms with E-state index < -0.39 is 0 Å². The van der Waals surface area contributed by atoms with Gasteiger partial charge in [0.05, 0.1) is 25.9 Å². The van der Waals surface area contributed by atoms with E-state index in [1.165, 1.54) is 0 Å². The van der Waals surface area contributed by atoms with Crippen molar-refractivity contribution in [1.29, 1.82) is 0 Å². The maximum absolute atomic E-state index is 8.78. The summed E-state index contributed by atoms with van der Waals surface area (Å²) in [5, 5.41) is 20.0. The molecule has 0 saturated heterocycles. The maximum Gasteiger partial charge on any atom is 0.102 e. The Morgan fingerprint density at radius 1 is 1.33 bits per heavy atom. The fourth-order valence-corrected chi connectivity index (χ4v) is 2.64. The molecule has 0 unspecified atom stereocenters. The van der Waals surface area contributed by atoms with Crippen LogP contribution in [0.1, 0.15) is 5.69 Å². The number of rotatable bonds is 5. The number of aliphatic hydroxyl groups is 1. The molecule has 2 N–H and O–H groups in total. The van der Waals surface area contributed by atoms with Crippen LogP contribution in [0, 0.1) is 0 Å². The molecule has 7 heteroatoms. The molecule has 0 amide bonds. The van der Waals surface area contributed by atoms with Crippen LogP contribution in [0.25, 0.3) is 0 Å². The summed E-state index contributed by atoms with van der Waals surface area (Å²) in [4.78, 5) is 0. The van der Waals surface area contributed by atoms with Gasteiger partial charge in [-0.3, -0.25) is 0 Å². The first-order valence-corrected chi connectivity index (χ1v) is 6.96. The third-order valence-electron chi connectivity index (χ3n) is 2.31. The molecule has 1 heterocycles. The van der Waals surface area contributed by atoms with Crippen molar-refractivity contribution >= 4 is 37.5 Å². The number of nitrogens with zero attached hydrogens (tertiary/aromatic N) is 3. The highest BCUT2D eigenvalue weighted by Gasteiger charge is 2.03. The maximum atomic E-state index is 8.78. The predicted molar refractivity (Wildman–Crippen MR) is 76.3 cm³/mol. The van der Waals surface area contributed by atoms with Gasteiger partial charge in [0, 0.05) is 14.6 Å². The summed E-state index contributed by atoms with van der Waals surface area (Å²) in [6.07, 6.45) is 1.82. The summed E-state index contributed by atoms with van der Waals surface area (Å²) in [6.45, 7) is 1.12. The lowest BCUT2D eigenvalue weighted by Gasteiger charge is -2.06. The van der Waals surface area contributed by atoms with Gasteiger partial charge in [-0.1, -0.05) is 21.1 Å². The lowest BCUT2D eigenvalue weighted by molar-refractivity contribution is 0.268. The Hall–Kier alpha value is -0.920. The predicted octanol–water partition coefficient (Wildman–Crippen LogP) is 2.41. The third-order valence-corrected chi connectivity index (χ3v) is 3.46. The van der Waals surface area contributed by atoms with Crippen LogP contribution in [0.4, 0.5) is 5.69 Å². The summed E-state index contributed by atoms with van der Waals surface area (Å²) in [6, 6.07) is 5.92. The molecule has 0 aliphatic heterocycles. The molecule has 0 atom stereocenters. The quantitative estimate of drug-likeness (QED) is 0.842. The molecule has 5 nitrogen and oxygen atoms in total. The van der Waals surface area contributed by atoms with Crippen molar-refractivity contribution in [3.63, 3.8) is 0 Å². The molecular formula is C11H12Br2N4O. The van der Waals surface area contributed by atoms with Crippen LogP contribution in [-0.2, 0) is 13.1 Å². The van der Waals surface area contributed by atoms with Crippen molar-refractivity contribution < 1.29 is 5.11 Å². The topological polar surface area (TPSA) is 63.0 Å². The van der Waals surface area contributed by atoms with Gasteiger partial charge in [0.25, 0.3) is 0 Å². The number of anilines is 1. The molecule has 0 bridgehead atoms. The molecule has 0 aliphatic carbocycles. The minimum absolute atomic E-state index is 0.0640. The van der Waals surface area contributed by atoms with Crippen molar-refractivity contribution in [3.05, 3.63) is 39.0 Å². The lowest BCUT2D eigenvalue weighted by Crippen LogP contribution is -2.02. The normalized spacial score (nSPS) is 10.6. The van der Waals surface area contributed by atoms with Crippen LogP contribution < -0.4 is 5.32 Å². The van der Waals surface area contributed by atoms with Crippen LogP contribution >= 0.6 is 31.9 Å². The first-order chi connectivity index (χ1) is 8.69. The molecule has 1 aromatic heterocycles. The number of benzene rings is 1. The summed E-state index contributed by atoms with van der Waals surface area (Å²) < 4.78 is 3.63. The zero-order chi connectivity index (χ0) is 13.0. The minimum atomic E-state index is 0.0640. The third kappa shape index (κ3) is 3.54. The minimum Gasteiger partial charge on any atom is -0.394 e.